The van der Waals surface area contributed by atoms with Gasteiger partial charge in [0.05, 0.1) is 11.5 Å². The van der Waals surface area contributed by atoms with Crippen molar-refractivity contribution in [2.75, 3.05) is 0 Å². The van der Waals surface area contributed by atoms with Crippen molar-refractivity contribution in [2.45, 2.75) is 46.0 Å². The van der Waals surface area contributed by atoms with E-state index >= 15 is 0 Å². The lowest BCUT2D eigenvalue weighted by Gasteiger charge is -2.08. The Kier molecular flexibility index (Phi) is 3.21. The van der Waals surface area contributed by atoms with Crippen LogP contribution in [0.4, 0.5) is 0 Å². The average molecular weight is 170 g/mol. The van der Waals surface area contributed by atoms with Crippen LogP contribution in [0, 0.1) is 0 Å². The molecule has 0 aliphatic carbocycles. The minimum Gasteiger partial charge on any atom is -0.267 e. The fourth-order valence-corrected chi connectivity index (χ4v) is 0.675. The Labute approximate surface area is 70.5 Å². The van der Waals surface area contributed by atoms with Gasteiger partial charge in [-0.3, -0.25) is 4.66 Å². The zero-order chi connectivity index (χ0) is 9.12. The summed E-state index contributed by atoms with van der Waals surface area (Å²) in [6.07, 6.45) is 0. The molecular formula is C8H18N2Si. The molecule has 11 heavy (non-hydrogen) atoms. The van der Waals surface area contributed by atoms with E-state index in [2.05, 4.69) is 35.3 Å². The van der Waals surface area contributed by atoms with Gasteiger partial charge in [0.2, 0.25) is 0 Å². The zero-order valence-corrected chi connectivity index (χ0v) is 9.39. The van der Waals surface area contributed by atoms with E-state index < -0.39 is 8.24 Å². The first-order valence-electron chi connectivity index (χ1n) is 3.89. The molecule has 0 heterocycles. The van der Waals surface area contributed by atoms with Crippen LogP contribution in [0.25, 0.3) is 0 Å². The number of rotatable bonds is 1. The van der Waals surface area contributed by atoms with Crippen LogP contribution in [0.5, 0.6) is 0 Å². The van der Waals surface area contributed by atoms with E-state index in [1.807, 2.05) is 20.8 Å². The third-order valence-electron chi connectivity index (χ3n) is 0.771. The van der Waals surface area contributed by atoms with Gasteiger partial charge in [-0.05, 0) is 40.4 Å². The highest BCUT2D eigenvalue weighted by Gasteiger charge is 2.10. The van der Waals surface area contributed by atoms with E-state index in [1.54, 1.807) is 0 Å². The molecule has 0 N–H and O–H groups in total. The van der Waals surface area contributed by atoms with Gasteiger partial charge in [-0.1, -0.05) is 0 Å². The summed E-state index contributed by atoms with van der Waals surface area (Å²) in [5.41, 5.74) is -0.0385. The van der Waals surface area contributed by atoms with Crippen molar-refractivity contribution in [3.8, 4) is 0 Å². The normalized spacial score (nSPS) is 12.2. The van der Waals surface area contributed by atoms with Crippen molar-refractivity contribution in [3.63, 3.8) is 0 Å². The van der Waals surface area contributed by atoms with Crippen LogP contribution < -0.4 is 0 Å². The zero-order valence-electron chi connectivity index (χ0n) is 8.39. The minimum absolute atomic E-state index is 0.0385. The molecule has 0 unspecified atom stereocenters. The van der Waals surface area contributed by atoms with Gasteiger partial charge in [0.1, 0.15) is 0 Å². The van der Waals surface area contributed by atoms with E-state index in [0.717, 1.165) is 0 Å². The van der Waals surface area contributed by atoms with Crippen LogP contribution in [0.3, 0.4) is 0 Å². The first kappa shape index (κ1) is 10.6. The summed E-state index contributed by atoms with van der Waals surface area (Å²) in [5.74, 6) is 0. The van der Waals surface area contributed by atoms with Crippen LogP contribution in [-0.4, -0.2) is 19.8 Å². The molecule has 3 heteroatoms. The highest BCUT2D eigenvalue weighted by Crippen LogP contribution is 2.05. The van der Waals surface area contributed by atoms with E-state index in [1.165, 1.54) is 0 Å². The maximum atomic E-state index is 4.26. The Morgan fingerprint density at radius 2 is 1.55 bits per heavy atom. The molecule has 0 aliphatic heterocycles. The summed E-state index contributed by atoms with van der Waals surface area (Å²) >= 11 is 0. The molecule has 0 rings (SSSR count). The van der Waals surface area contributed by atoms with E-state index in [9.17, 15) is 0 Å². The molecule has 0 aromatic rings. The maximum Gasteiger partial charge on any atom is 0.186 e. The van der Waals surface area contributed by atoms with Crippen LogP contribution in [0.1, 0.15) is 20.8 Å². The fraction of sp³-hybridized carbons (Fsp3) is 0.875. The summed E-state index contributed by atoms with van der Waals surface area (Å²) in [6, 6.07) is 2.78. The Balaban J connectivity index is 4.25. The summed E-state index contributed by atoms with van der Waals surface area (Å²) in [6.45, 7) is 12.6. The topological polar surface area (TPSA) is 24.7 Å². The SMILES string of the molecule is CC(C)(C)N=C=N[Si](C)(C)C. The Morgan fingerprint density at radius 1 is 1.09 bits per heavy atom. The second-order valence-electron chi connectivity index (χ2n) is 4.67. The molecule has 0 radical (unpaired) electrons. The number of hydrogen-bond donors (Lipinski definition) is 0. The van der Waals surface area contributed by atoms with Crippen molar-refractivity contribution in [1.29, 1.82) is 0 Å². The van der Waals surface area contributed by atoms with Gasteiger partial charge in [0.25, 0.3) is 0 Å². The Bertz CT molecular complexity index is 159. The molecule has 0 aromatic carbocycles. The predicted molar refractivity (Wildman–Crippen MR) is 53.0 cm³/mol. The van der Waals surface area contributed by atoms with Crippen molar-refractivity contribution in [2.24, 2.45) is 9.65 Å². The molecular weight excluding hydrogens is 152 g/mol. The first-order valence-corrected chi connectivity index (χ1v) is 7.34. The smallest absolute Gasteiger partial charge is 0.186 e. The van der Waals surface area contributed by atoms with Crippen molar-refractivity contribution < 1.29 is 0 Å². The van der Waals surface area contributed by atoms with Crippen molar-refractivity contribution in [1.82, 2.24) is 0 Å². The third kappa shape index (κ3) is 9.60. The molecule has 0 fully saturated rings. The van der Waals surface area contributed by atoms with Crippen molar-refractivity contribution in [3.05, 3.63) is 0 Å². The molecule has 2 nitrogen and oxygen atoms in total. The Hall–Kier alpha value is -0.403. The second-order valence-corrected chi connectivity index (χ2v) is 9.23. The van der Waals surface area contributed by atoms with E-state index in [-0.39, 0.29) is 5.54 Å². The lowest BCUT2D eigenvalue weighted by atomic mass is 10.1. The molecule has 0 aromatic heterocycles. The van der Waals surface area contributed by atoms with Gasteiger partial charge in [-0.2, -0.15) is 0 Å². The quantitative estimate of drug-likeness (QED) is 0.427. The first-order chi connectivity index (χ1) is 4.71. The molecule has 0 aliphatic rings. The molecule has 0 amide bonds. The molecule has 0 saturated heterocycles. The van der Waals surface area contributed by atoms with Gasteiger partial charge < -0.3 is 0 Å². The monoisotopic (exact) mass is 170 g/mol. The Morgan fingerprint density at radius 3 is 1.82 bits per heavy atom. The largest absolute Gasteiger partial charge is 0.267 e. The van der Waals surface area contributed by atoms with Gasteiger partial charge in [0.15, 0.2) is 8.24 Å². The summed E-state index contributed by atoms with van der Waals surface area (Å²) < 4.78 is 4.26. The average Bonchev–Trinajstić information content (AvgIpc) is 1.55. The number of aliphatic imine (C=N–C) groups is 1. The molecule has 0 saturated carbocycles. The molecule has 64 valence electrons. The standard InChI is InChI=1S/C8H18N2Si/c1-8(2,3)9-7-10-11(4,5)6/h1-6H3. The van der Waals surface area contributed by atoms with E-state index in [4.69, 9.17) is 0 Å². The van der Waals surface area contributed by atoms with Crippen molar-refractivity contribution >= 4 is 14.2 Å². The molecule has 0 bridgehead atoms. The lowest BCUT2D eigenvalue weighted by Crippen LogP contribution is -2.16. The summed E-state index contributed by atoms with van der Waals surface area (Å²) in [4.78, 5) is 4.16. The molecule has 0 spiro atoms. The summed E-state index contributed by atoms with van der Waals surface area (Å²) in [7, 11) is -1.34. The number of nitrogens with zero attached hydrogens (tertiary/aromatic N) is 2. The summed E-state index contributed by atoms with van der Waals surface area (Å²) in [5, 5.41) is 0. The third-order valence-corrected chi connectivity index (χ3v) is 1.54. The maximum absolute atomic E-state index is 4.26. The van der Waals surface area contributed by atoms with Crippen LogP contribution in [0.2, 0.25) is 19.6 Å². The lowest BCUT2D eigenvalue weighted by molar-refractivity contribution is 0.587. The van der Waals surface area contributed by atoms with Crippen LogP contribution in [-0.2, 0) is 0 Å². The van der Waals surface area contributed by atoms with Crippen LogP contribution in [0.15, 0.2) is 9.65 Å². The fourth-order valence-electron chi connectivity index (χ4n) is 0.325. The van der Waals surface area contributed by atoms with E-state index in [0.29, 0.717) is 0 Å². The minimum atomic E-state index is -1.34. The molecule has 0 atom stereocenters. The van der Waals surface area contributed by atoms with Gasteiger partial charge in [-0.15, -0.1) is 0 Å². The van der Waals surface area contributed by atoms with Crippen LogP contribution >= 0.6 is 0 Å². The van der Waals surface area contributed by atoms with Gasteiger partial charge in [-0.25, -0.2) is 4.99 Å². The highest BCUT2D eigenvalue weighted by atomic mass is 28.3. The van der Waals surface area contributed by atoms with Gasteiger partial charge in [0, 0.05) is 0 Å². The second kappa shape index (κ2) is 3.33. The number of hydrogen-bond acceptors (Lipinski definition) is 2. The predicted octanol–water partition coefficient (Wildman–Crippen LogP) is 2.79. The van der Waals surface area contributed by atoms with Gasteiger partial charge >= 0.3 is 0 Å². The highest BCUT2D eigenvalue weighted by molar-refractivity contribution is 6.75.